The summed E-state index contributed by atoms with van der Waals surface area (Å²) in [6.07, 6.45) is 0.631. The van der Waals surface area contributed by atoms with Crippen molar-refractivity contribution in [2.75, 3.05) is 25.4 Å². The van der Waals surface area contributed by atoms with Gasteiger partial charge >= 0.3 is 0 Å². The summed E-state index contributed by atoms with van der Waals surface area (Å²) in [6.45, 7) is 3.77. The predicted molar refractivity (Wildman–Crippen MR) is 78.9 cm³/mol. The van der Waals surface area contributed by atoms with Crippen molar-refractivity contribution in [3.63, 3.8) is 0 Å². The molecule has 1 aromatic carbocycles. The van der Waals surface area contributed by atoms with Gasteiger partial charge in [0.2, 0.25) is 0 Å². The lowest BCUT2D eigenvalue weighted by atomic mass is 10.1. The number of benzene rings is 1. The number of nitrogens with zero attached hydrogens (tertiary/aromatic N) is 1. The molecule has 7 heteroatoms. The Bertz CT molecular complexity index is 347. The van der Waals surface area contributed by atoms with E-state index in [9.17, 15) is 0 Å². The fourth-order valence-corrected chi connectivity index (χ4v) is 2.61. The molecule has 0 aromatic heterocycles. The maximum Gasteiger partial charge on any atom is 0.166 e. The zero-order valence-electron chi connectivity index (χ0n) is 11.0. The van der Waals surface area contributed by atoms with Gasteiger partial charge in [0.15, 0.2) is 16.8 Å². The molecule has 0 saturated heterocycles. The SMILES string of the molecule is Cc1ccc(CN(CCP(O)O)CCP(O)O)cc1. The lowest BCUT2D eigenvalue weighted by molar-refractivity contribution is 0.290. The summed E-state index contributed by atoms with van der Waals surface area (Å²) in [7, 11) is -3.80. The van der Waals surface area contributed by atoms with Gasteiger partial charge in [-0.3, -0.25) is 4.90 Å². The number of hydrogen-bond donors (Lipinski definition) is 4. The number of hydrogen-bond acceptors (Lipinski definition) is 5. The smallest absolute Gasteiger partial charge is 0.166 e. The van der Waals surface area contributed by atoms with Gasteiger partial charge in [0.25, 0.3) is 0 Å². The molecule has 0 saturated carbocycles. The van der Waals surface area contributed by atoms with E-state index in [1.54, 1.807) is 0 Å². The molecule has 0 aliphatic rings. The summed E-state index contributed by atoms with van der Waals surface area (Å²) < 4.78 is 0. The van der Waals surface area contributed by atoms with E-state index in [2.05, 4.69) is 0 Å². The quantitative estimate of drug-likeness (QED) is 0.546. The third kappa shape index (κ3) is 7.91. The maximum absolute atomic E-state index is 8.98. The molecule has 5 nitrogen and oxygen atoms in total. The van der Waals surface area contributed by atoms with Crippen LogP contribution in [-0.4, -0.2) is 49.9 Å². The standard InChI is InChI=1S/C12H21NO4P2/c1-11-2-4-12(5-3-11)10-13(6-8-18(14)15)7-9-19(16)17/h2-5,14-17H,6-10H2,1H3. The van der Waals surface area contributed by atoms with Crippen LogP contribution < -0.4 is 0 Å². The highest BCUT2D eigenvalue weighted by Crippen LogP contribution is 2.25. The van der Waals surface area contributed by atoms with Crippen LogP contribution in [0.4, 0.5) is 0 Å². The first-order chi connectivity index (χ1) is 8.97. The van der Waals surface area contributed by atoms with Gasteiger partial charge in [0.1, 0.15) is 0 Å². The first kappa shape index (κ1) is 16.9. The largest absolute Gasteiger partial charge is 0.350 e. The van der Waals surface area contributed by atoms with Crippen molar-refractivity contribution < 1.29 is 19.6 Å². The first-order valence-corrected chi connectivity index (χ1v) is 8.92. The molecule has 1 aromatic rings. The number of rotatable bonds is 8. The molecule has 0 aliphatic heterocycles. The summed E-state index contributed by atoms with van der Waals surface area (Å²) in [6, 6.07) is 8.13. The summed E-state index contributed by atoms with van der Waals surface area (Å²) in [5.74, 6) is 0. The van der Waals surface area contributed by atoms with Crippen LogP contribution in [-0.2, 0) is 6.54 Å². The van der Waals surface area contributed by atoms with Crippen LogP contribution in [0, 0.1) is 6.92 Å². The van der Waals surface area contributed by atoms with Gasteiger partial charge in [-0.2, -0.15) is 0 Å². The van der Waals surface area contributed by atoms with Gasteiger partial charge in [0.05, 0.1) is 0 Å². The van der Waals surface area contributed by atoms with Crippen molar-refractivity contribution in [3.8, 4) is 0 Å². The van der Waals surface area contributed by atoms with E-state index in [4.69, 9.17) is 19.6 Å². The number of aryl methyl sites for hydroxylation is 1. The third-order valence-electron chi connectivity index (χ3n) is 2.76. The Balaban J connectivity index is 2.53. The van der Waals surface area contributed by atoms with Gasteiger partial charge < -0.3 is 19.6 Å². The molecule has 0 amide bonds. The normalized spacial score (nSPS) is 11.8. The Labute approximate surface area is 116 Å². The van der Waals surface area contributed by atoms with E-state index in [1.807, 2.05) is 36.1 Å². The molecule has 0 unspecified atom stereocenters. The van der Waals surface area contributed by atoms with E-state index < -0.39 is 16.8 Å². The highest BCUT2D eigenvalue weighted by molar-refractivity contribution is 7.45. The minimum atomic E-state index is -1.90. The fraction of sp³-hybridized carbons (Fsp3) is 0.500. The molecule has 0 bridgehead atoms. The Morgan fingerprint density at radius 3 is 1.79 bits per heavy atom. The molecule has 0 heterocycles. The predicted octanol–water partition coefficient (Wildman–Crippen LogP) is 1.39. The topological polar surface area (TPSA) is 84.2 Å². The Morgan fingerprint density at radius 2 is 1.37 bits per heavy atom. The zero-order chi connectivity index (χ0) is 14.3. The molecule has 0 fully saturated rings. The van der Waals surface area contributed by atoms with Crippen LogP contribution in [0.25, 0.3) is 0 Å². The molecular weight excluding hydrogens is 284 g/mol. The van der Waals surface area contributed by atoms with Crippen molar-refractivity contribution in [1.82, 2.24) is 4.90 Å². The second kappa shape index (κ2) is 8.93. The minimum Gasteiger partial charge on any atom is -0.350 e. The van der Waals surface area contributed by atoms with Crippen LogP contribution in [0.2, 0.25) is 0 Å². The van der Waals surface area contributed by atoms with Crippen LogP contribution in [0.5, 0.6) is 0 Å². The van der Waals surface area contributed by atoms with E-state index in [0.717, 1.165) is 5.56 Å². The summed E-state index contributed by atoms with van der Waals surface area (Å²) in [5.41, 5.74) is 2.32. The molecule has 0 atom stereocenters. The van der Waals surface area contributed by atoms with Gasteiger partial charge in [-0.1, -0.05) is 29.8 Å². The Hall–Kier alpha value is -0.120. The summed E-state index contributed by atoms with van der Waals surface area (Å²) >= 11 is 0. The molecule has 0 aliphatic carbocycles. The monoisotopic (exact) mass is 305 g/mol. The lowest BCUT2D eigenvalue weighted by Crippen LogP contribution is -2.28. The lowest BCUT2D eigenvalue weighted by Gasteiger charge is -2.22. The van der Waals surface area contributed by atoms with Gasteiger partial charge in [-0.05, 0) is 12.5 Å². The van der Waals surface area contributed by atoms with E-state index in [1.165, 1.54) is 5.56 Å². The van der Waals surface area contributed by atoms with E-state index >= 15 is 0 Å². The Morgan fingerprint density at radius 1 is 0.895 bits per heavy atom. The Kier molecular flexibility index (Phi) is 7.96. The van der Waals surface area contributed by atoms with Gasteiger partial charge in [-0.15, -0.1) is 0 Å². The van der Waals surface area contributed by atoms with Crippen molar-refractivity contribution in [2.45, 2.75) is 13.5 Å². The molecule has 108 valence electrons. The average molecular weight is 305 g/mol. The summed E-state index contributed by atoms with van der Waals surface area (Å²) in [5, 5.41) is 0. The average Bonchev–Trinajstić information content (AvgIpc) is 2.35. The molecule has 19 heavy (non-hydrogen) atoms. The first-order valence-electron chi connectivity index (χ1n) is 6.06. The fourth-order valence-electron chi connectivity index (χ4n) is 1.68. The van der Waals surface area contributed by atoms with Gasteiger partial charge in [0, 0.05) is 32.0 Å². The molecule has 4 N–H and O–H groups in total. The molecule has 0 spiro atoms. The van der Waals surface area contributed by atoms with Crippen LogP contribution in [0.1, 0.15) is 11.1 Å². The van der Waals surface area contributed by atoms with Crippen molar-refractivity contribution in [2.24, 2.45) is 0 Å². The maximum atomic E-state index is 8.98. The van der Waals surface area contributed by atoms with E-state index in [-0.39, 0.29) is 0 Å². The van der Waals surface area contributed by atoms with Crippen LogP contribution in [0.3, 0.4) is 0 Å². The molecule has 1 rings (SSSR count). The second-order valence-electron chi connectivity index (χ2n) is 4.45. The van der Waals surface area contributed by atoms with Crippen molar-refractivity contribution in [1.29, 1.82) is 0 Å². The zero-order valence-corrected chi connectivity index (χ0v) is 12.8. The highest BCUT2D eigenvalue weighted by Gasteiger charge is 2.10. The van der Waals surface area contributed by atoms with Crippen LogP contribution in [0.15, 0.2) is 24.3 Å². The van der Waals surface area contributed by atoms with E-state index in [0.29, 0.717) is 32.0 Å². The summed E-state index contributed by atoms with van der Waals surface area (Å²) in [4.78, 5) is 37.9. The third-order valence-corrected chi connectivity index (χ3v) is 3.96. The van der Waals surface area contributed by atoms with Crippen LogP contribution >= 0.6 is 16.8 Å². The van der Waals surface area contributed by atoms with Crippen molar-refractivity contribution >= 4 is 16.8 Å². The molecule has 0 radical (unpaired) electrons. The minimum absolute atomic E-state index is 0.315. The molecular formula is C12H21NO4P2. The second-order valence-corrected chi connectivity index (χ2v) is 6.84. The van der Waals surface area contributed by atoms with Gasteiger partial charge in [-0.25, -0.2) is 0 Å². The van der Waals surface area contributed by atoms with Crippen molar-refractivity contribution in [3.05, 3.63) is 35.4 Å². The highest BCUT2D eigenvalue weighted by atomic mass is 31.2.